The molecule has 6 heteroatoms. The average Bonchev–Trinajstić information content (AvgIpc) is 2.49. The molecule has 0 aliphatic rings. The van der Waals surface area contributed by atoms with Crippen LogP contribution in [0.1, 0.15) is 0 Å². The highest BCUT2D eigenvalue weighted by Crippen LogP contribution is 2.23. The number of hydrogen-bond donors (Lipinski definition) is 1. The van der Waals surface area contributed by atoms with Crippen molar-refractivity contribution < 1.29 is 4.92 Å². The fraction of sp³-hybridized carbons (Fsp3) is 0. The Kier molecular flexibility index (Phi) is 1.77. The first-order chi connectivity index (χ1) is 6.18. The maximum atomic E-state index is 10.4. The molecule has 66 valence electrons. The average molecular weight is 242 g/mol. The van der Waals surface area contributed by atoms with Crippen molar-refractivity contribution in [3.05, 3.63) is 32.8 Å². The highest BCUT2D eigenvalue weighted by molar-refractivity contribution is 9.10. The summed E-state index contributed by atoms with van der Waals surface area (Å²) in [7, 11) is 0. The molecule has 13 heavy (non-hydrogen) atoms. The first-order valence-electron chi connectivity index (χ1n) is 3.47. The van der Waals surface area contributed by atoms with Crippen LogP contribution in [-0.4, -0.2) is 14.9 Å². The van der Waals surface area contributed by atoms with Gasteiger partial charge in [-0.25, -0.2) is 4.98 Å². The van der Waals surface area contributed by atoms with E-state index in [1.54, 1.807) is 18.2 Å². The highest BCUT2D eigenvalue weighted by atomic mass is 79.9. The van der Waals surface area contributed by atoms with Crippen molar-refractivity contribution in [3.8, 4) is 0 Å². The predicted molar refractivity (Wildman–Crippen MR) is 50.4 cm³/mol. The molecular weight excluding hydrogens is 238 g/mol. The van der Waals surface area contributed by atoms with E-state index in [-0.39, 0.29) is 5.95 Å². The molecule has 0 amide bonds. The topological polar surface area (TPSA) is 71.8 Å². The lowest BCUT2D eigenvalue weighted by Crippen LogP contribution is -1.88. The van der Waals surface area contributed by atoms with Crippen molar-refractivity contribution in [3.63, 3.8) is 0 Å². The molecule has 5 nitrogen and oxygen atoms in total. The van der Waals surface area contributed by atoms with Crippen LogP contribution in [-0.2, 0) is 0 Å². The van der Waals surface area contributed by atoms with Gasteiger partial charge in [0.25, 0.3) is 0 Å². The SMILES string of the molecule is O=[N+]([O-])c1nc2cccc(Br)c2[nH]1. The van der Waals surface area contributed by atoms with Gasteiger partial charge in [-0.3, -0.25) is 0 Å². The van der Waals surface area contributed by atoms with Gasteiger partial charge in [0.15, 0.2) is 11.0 Å². The maximum Gasteiger partial charge on any atom is 0.433 e. The van der Waals surface area contributed by atoms with Crippen molar-refractivity contribution in [2.45, 2.75) is 0 Å². The Hall–Kier alpha value is -1.43. The van der Waals surface area contributed by atoms with Crippen LogP contribution in [0.2, 0.25) is 0 Å². The molecule has 1 heterocycles. The van der Waals surface area contributed by atoms with Gasteiger partial charge in [0.05, 0.1) is 4.47 Å². The van der Waals surface area contributed by atoms with Crippen LogP contribution in [0.25, 0.3) is 11.0 Å². The van der Waals surface area contributed by atoms with E-state index in [1.165, 1.54) is 0 Å². The Balaban J connectivity index is 2.75. The van der Waals surface area contributed by atoms with Gasteiger partial charge >= 0.3 is 5.95 Å². The molecule has 2 rings (SSSR count). The van der Waals surface area contributed by atoms with Gasteiger partial charge in [-0.05, 0) is 33.0 Å². The molecule has 0 aliphatic carbocycles. The first kappa shape index (κ1) is 8.18. The third-order valence-electron chi connectivity index (χ3n) is 1.63. The Morgan fingerprint density at radius 2 is 2.31 bits per heavy atom. The van der Waals surface area contributed by atoms with E-state index in [1.807, 2.05) is 0 Å². The highest BCUT2D eigenvalue weighted by Gasteiger charge is 2.14. The molecule has 1 aromatic heterocycles. The van der Waals surface area contributed by atoms with Crippen LogP contribution in [0.15, 0.2) is 22.7 Å². The van der Waals surface area contributed by atoms with Gasteiger partial charge in [-0.2, -0.15) is 0 Å². The van der Waals surface area contributed by atoms with E-state index < -0.39 is 4.92 Å². The first-order valence-corrected chi connectivity index (χ1v) is 4.26. The minimum absolute atomic E-state index is 0.234. The zero-order chi connectivity index (χ0) is 9.42. The zero-order valence-electron chi connectivity index (χ0n) is 6.32. The number of imidazole rings is 1. The van der Waals surface area contributed by atoms with Gasteiger partial charge in [0.1, 0.15) is 0 Å². The van der Waals surface area contributed by atoms with Crippen molar-refractivity contribution in [1.29, 1.82) is 0 Å². The molecule has 0 spiro atoms. The van der Waals surface area contributed by atoms with E-state index in [9.17, 15) is 10.1 Å². The number of nitro groups is 1. The summed E-state index contributed by atoms with van der Waals surface area (Å²) in [6, 6.07) is 5.28. The standard InChI is InChI=1S/C7H4BrN3O2/c8-4-2-1-3-5-6(4)10-7(9-5)11(12)13/h1-3H,(H,9,10). The minimum atomic E-state index is -0.549. The fourth-order valence-electron chi connectivity index (χ4n) is 1.07. The molecule has 2 aromatic rings. The Morgan fingerprint density at radius 3 is 2.92 bits per heavy atom. The minimum Gasteiger partial charge on any atom is -0.390 e. The summed E-state index contributed by atoms with van der Waals surface area (Å²) in [5.74, 6) is -0.234. The molecule has 1 aromatic carbocycles. The molecule has 0 fully saturated rings. The maximum absolute atomic E-state index is 10.4. The third-order valence-corrected chi connectivity index (χ3v) is 2.29. The van der Waals surface area contributed by atoms with Gasteiger partial charge in [-0.1, -0.05) is 11.1 Å². The van der Waals surface area contributed by atoms with Crippen LogP contribution < -0.4 is 0 Å². The number of rotatable bonds is 1. The molecule has 0 unspecified atom stereocenters. The summed E-state index contributed by atoms with van der Waals surface area (Å²) < 4.78 is 0.769. The molecule has 0 atom stereocenters. The van der Waals surface area contributed by atoms with Crippen LogP contribution in [0.3, 0.4) is 0 Å². The molecule has 1 N–H and O–H groups in total. The lowest BCUT2D eigenvalue weighted by atomic mass is 10.3. The number of aromatic amines is 1. The normalized spacial score (nSPS) is 10.5. The number of para-hydroxylation sites is 1. The quantitative estimate of drug-likeness (QED) is 0.615. The molecule has 0 bridgehead atoms. The number of fused-ring (bicyclic) bond motifs is 1. The van der Waals surface area contributed by atoms with Gasteiger partial charge in [-0.15, -0.1) is 0 Å². The summed E-state index contributed by atoms with van der Waals surface area (Å²) in [4.78, 5) is 16.2. The number of benzene rings is 1. The number of H-pyrrole nitrogens is 1. The van der Waals surface area contributed by atoms with Crippen LogP contribution in [0.4, 0.5) is 5.95 Å². The summed E-state index contributed by atoms with van der Waals surface area (Å²) in [6.07, 6.45) is 0. The Bertz CT molecular complexity index is 480. The summed E-state index contributed by atoms with van der Waals surface area (Å²) in [5.41, 5.74) is 1.23. The second-order valence-corrected chi connectivity index (χ2v) is 3.31. The largest absolute Gasteiger partial charge is 0.433 e. The van der Waals surface area contributed by atoms with Crippen molar-refractivity contribution in [1.82, 2.24) is 9.97 Å². The fourth-order valence-corrected chi connectivity index (χ4v) is 1.52. The van der Waals surface area contributed by atoms with Crippen molar-refractivity contribution in [2.75, 3.05) is 0 Å². The number of nitrogens with zero attached hydrogens (tertiary/aromatic N) is 2. The van der Waals surface area contributed by atoms with E-state index in [0.29, 0.717) is 11.0 Å². The lowest BCUT2D eigenvalue weighted by molar-refractivity contribution is -0.393. The van der Waals surface area contributed by atoms with Crippen LogP contribution in [0.5, 0.6) is 0 Å². The second kappa shape index (κ2) is 2.81. The van der Waals surface area contributed by atoms with Crippen molar-refractivity contribution >= 4 is 32.9 Å². The summed E-state index contributed by atoms with van der Waals surface area (Å²) >= 11 is 3.27. The molecule has 0 saturated heterocycles. The number of halogens is 1. The molecule has 0 aliphatic heterocycles. The second-order valence-electron chi connectivity index (χ2n) is 2.45. The van der Waals surface area contributed by atoms with Gasteiger partial charge in [0, 0.05) is 0 Å². The number of hydrogen-bond acceptors (Lipinski definition) is 3. The summed E-state index contributed by atoms with van der Waals surface area (Å²) in [5, 5.41) is 10.4. The lowest BCUT2D eigenvalue weighted by Gasteiger charge is -1.86. The van der Waals surface area contributed by atoms with Gasteiger partial charge < -0.3 is 10.1 Å². The van der Waals surface area contributed by atoms with E-state index in [4.69, 9.17) is 0 Å². The number of aromatic nitrogens is 2. The van der Waals surface area contributed by atoms with E-state index >= 15 is 0 Å². The summed E-state index contributed by atoms with van der Waals surface area (Å²) in [6.45, 7) is 0. The predicted octanol–water partition coefficient (Wildman–Crippen LogP) is 2.23. The van der Waals surface area contributed by atoms with Crippen molar-refractivity contribution in [2.24, 2.45) is 0 Å². The monoisotopic (exact) mass is 241 g/mol. The number of nitrogens with one attached hydrogen (secondary N) is 1. The third kappa shape index (κ3) is 1.29. The molecular formula is C7H4BrN3O2. The molecule has 0 saturated carbocycles. The Labute approximate surface area is 81.1 Å². The smallest absolute Gasteiger partial charge is 0.390 e. The molecule has 0 radical (unpaired) electrons. The zero-order valence-corrected chi connectivity index (χ0v) is 7.91. The van der Waals surface area contributed by atoms with Crippen LogP contribution in [0, 0.1) is 10.1 Å². The van der Waals surface area contributed by atoms with E-state index in [2.05, 4.69) is 25.9 Å². The van der Waals surface area contributed by atoms with Gasteiger partial charge in [0.2, 0.25) is 0 Å². The van der Waals surface area contributed by atoms with E-state index in [0.717, 1.165) is 4.47 Å². The van der Waals surface area contributed by atoms with Crippen LogP contribution >= 0.6 is 15.9 Å². The Morgan fingerprint density at radius 1 is 1.54 bits per heavy atom.